The summed E-state index contributed by atoms with van der Waals surface area (Å²) in [4.78, 5) is 23.9. The minimum Gasteiger partial charge on any atom is -0.504 e. The van der Waals surface area contributed by atoms with E-state index in [0.29, 0.717) is 12.8 Å². The molecule has 4 N–H and O–H groups in total. The Hall–Kier alpha value is -3.54. The maximum Gasteiger partial charge on any atom is 0.326 e. The van der Waals surface area contributed by atoms with Gasteiger partial charge >= 0.3 is 5.97 Å². The Morgan fingerprint density at radius 3 is 1.76 bits per heavy atom. The van der Waals surface area contributed by atoms with Crippen LogP contribution in [-0.2, 0) is 9.59 Å². The van der Waals surface area contributed by atoms with E-state index in [1.807, 2.05) is 12.2 Å². The number of rotatable bonds is 18. The van der Waals surface area contributed by atoms with Gasteiger partial charge in [0.1, 0.15) is 6.04 Å². The van der Waals surface area contributed by atoms with E-state index in [1.54, 1.807) is 6.92 Å². The number of carbonyl (C=O) groups excluding carboxylic acids is 1. The summed E-state index contributed by atoms with van der Waals surface area (Å²) in [5, 5.41) is 31.4. The normalized spacial score (nSPS) is 19.3. The Bertz CT molecular complexity index is 964. The number of carboxylic acids is 1. The first-order valence-corrected chi connectivity index (χ1v) is 13.5. The van der Waals surface area contributed by atoms with E-state index in [4.69, 9.17) is 0 Å². The first-order chi connectivity index (χ1) is 18.3. The van der Waals surface area contributed by atoms with E-state index in [2.05, 4.69) is 73.0 Å². The second kappa shape index (κ2) is 19.6. The van der Waals surface area contributed by atoms with Crippen molar-refractivity contribution in [2.45, 2.75) is 84.1 Å². The molecule has 1 aliphatic rings. The fourth-order valence-electron chi connectivity index (χ4n) is 3.83. The van der Waals surface area contributed by atoms with Crippen molar-refractivity contribution in [3.63, 3.8) is 0 Å². The third-order valence-corrected chi connectivity index (χ3v) is 5.95. The van der Waals surface area contributed by atoms with Gasteiger partial charge in [0.05, 0.1) is 0 Å². The number of hydrogen-bond acceptors (Lipinski definition) is 4. The molecule has 6 heteroatoms. The molecule has 1 unspecified atom stereocenters. The molecule has 6 nitrogen and oxygen atoms in total. The minimum absolute atomic E-state index is 0.113. The monoisotopic (exact) mass is 523 g/mol. The molecule has 0 aromatic rings. The molecule has 0 spiro atoms. The lowest BCUT2D eigenvalue weighted by Gasteiger charge is -2.30. The Kier molecular flexibility index (Phi) is 16.7. The largest absolute Gasteiger partial charge is 0.504 e. The van der Waals surface area contributed by atoms with Gasteiger partial charge in [-0.05, 0) is 75.4 Å². The van der Waals surface area contributed by atoms with Crippen molar-refractivity contribution in [2.75, 3.05) is 0 Å². The van der Waals surface area contributed by atoms with E-state index in [1.165, 1.54) is 12.2 Å². The van der Waals surface area contributed by atoms with Crippen LogP contribution in [0.3, 0.4) is 0 Å². The summed E-state index contributed by atoms with van der Waals surface area (Å²) in [5.41, 5.74) is -0.673. The lowest BCUT2D eigenvalue weighted by atomic mass is 9.77. The first kappa shape index (κ1) is 32.5. The van der Waals surface area contributed by atoms with Crippen LogP contribution in [-0.4, -0.2) is 33.2 Å². The highest BCUT2D eigenvalue weighted by molar-refractivity contribution is 5.83. The maximum atomic E-state index is 12.2. The lowest BCUT2D eigenvalue weighted by Crippen LogP contribution is -2.43. The third kappa shape index (κ3) is 15.5. The zero-order valence-electron chi connectivity index (χ0n) is 22.9. The first-order valence-electron chi connectivity index (χ1n) is 13.5. The number of nitrogens with one attached hydrogen (secondary N) is 1. The van der Waals surface area contributed by atoms with Gasteiger partial charge in [0.15, 0.2) is 11.5 Å². The summed E-state index contributed by atoms with van der Waals surface area (Å²) in [7, 11) is 0. The second-order valence-corrected chi connectivity index (χ2v) is 9.59. The topological polar surface area (TPSA) is 107 Å². The highest BCUT2D eigenvalue weighted by atomic mass is 16.4. The molecular formula is C32H45NO5. The molecule has 0 saturated carbocycles. The maximum absolute atomic E-state index is 12.2. The molecule has 0 bridgehead atoms. The van der Waals surface area contributed by atoms with Crippen LogP contribution >= 0.6 is 0 Å². The number of aliphatic hydroxyl groups is 2. The van der Waals surface area contributed by atoms with Crippen molar-refractivity contribution < 1.29 is 24.9 Å². The van der Waals surface area contributed by atoms with Gasteiger partial charge in [0.2, 0.25) is 5.91 Å². The molecular weight excluding hydrogens is 478 g/mol. The van der Waals surface area contributed by atoms with Gasteiger partial charge in [-0.2, -0.15) is 0 Å². The predicted octanol–water partition coefficient (Wildman–Crippen LogP) is 7.72. The summed E-state index contributed by atoms with van der Waals surface area (Å²) < 4.78 is 0. The van der Waals surface area contributed by atoms with Crippen LogP contribution in [0.5, 0.6) is 0 Å². The summed E-state index contributed by atoms with van der Waals surface area (Å²) in [6, 6.07) is -1.07. The molecule has 38 heavy (non-hydrogen) atoms. The summed E-state index contributed by atoms with van der Waals surface area (Å²) in [6.07, 6.45) is 35.2. The summed E-state index contributed by atoms with van der Waals surface area (Å²) >= 11 is 0. The molecule has 1 amide bonds. The highest BCUT2D eigenvalue weighted by Gasteiger charge is 2.33. The minimum atomic E-state index is -1.12. The number of allylic oxidation sites excluding steroid dienone is 14. The Balaban J connectivity index is 2.20. The fourth-order valence-corrected chi connectivity index (χ4v) is 3.83. The molecule has 0 saturated heterocycles. The van der Waals surface area contributed by atoms with Crippen LogP contribution in [0.4, 0.5) is 0 Å². The van der Waals surface area contributed by atoms with E-state index >= 15 is 0 Å². The van der Waals surface area contributed by atoms with Gasteiger partial charge in [-0.25, -0.2) is 4.79 Å². The van der Waals surface area contributed by atoms with E-state index in [0.717, 1.165) is 38.5 Å². The summed E-state index contributed by atoms with van der Waals surface area (Å²) in [5.74, 6) is -1.94. The Labute approximate surface area is 228 Å². The number of carbonyl (C=O) groups is 2. The quantitative estimate of drug-likeness (QED) is 0.138. The van der Waals surface area contributed by atoms with E-state index in [9.17, 15) is 24.9 Å². The van der Waals surface area contributed by atoms with Crippen molar-refractivity contribution in [2.24, 2.45) is 5.41 Å². The van der Waals surface area contributed by atoms with Crippen molar-refractivity contribution >= 4 is 11.9 Å². The van der Waals surface area contributed by atoms with Crippen molar-refractivity contribution in [1.29, 1.82) is 0 Å². The van der Waals surface area contributed by atoms with Gasteiger partial charge in [0.25, 0.3) is 0 Å². The van der Waals surface area contributed by atoms with Crippen molar-refractivity contribution in [3.05, 3.63) is 96.6 Å². The number of amides is 1. The zero-order chi connectivity index (χ0) is 28.1. The van der Waals surface area contributed by atoms with Gasteiger partial charge in [-0.15, -0.1) is 0 Å². The van der Waals surface area contributed by atoms with Crippen molar-refractivity contribution in [1.82, 2.24) is 5.32 Å². The van der Waals surface area contributed by atoms with Gasteiger partial charge in [-0.3, -0.25) is 4.79 Å². The zero-order valence-corrected chi connectivity index (χ0v) is 22.9. The molecule has 1 rings (SSSR count). The van der Waals surface area contributed by atoms with Crippen LogP contribution in [0.15, 0.2) is 96.6 Å². The van der Waals surface area contributed by atoms with Crippen LogP contribution in [0.25, 0.3) is 0 Å². The number of carboxylic acid groups (broad SMARTS) is 1. The molecule has 1 aliphatic carbocycles. The Morgan fingerprint density at radius 1 is 0.842 bits per heavy atom. The SMILES string of the molecule is CC/C=C\C/C=C\C/C=C\C/C=C\C/C=C\C/C=C\CCC(=O)N[C@@H](CC1(C)C=C(O)C(O)=CC1)C(=O)O. The lowest BCUT2D eigenvalue weighted by molar-refractivity contribution is -0.142. The van der Waals surface area contributed by atoms with E-state index < -0.39 is 17.4 Å². The third-order valence-electron chi connectivity index (χ3n) is 5.95. The van der Waals surface area contributed by atoms with E-state index in [-0.39, 0.29) is 30.3 Å². The number of hydrogen-bond donors (Lipinski definition) is 4. The van der Waals surface area contributed by atoms with Gasteiger partial charge in [-0.1, -0.05) is 86.8 Å². The highest BCUT2D eigenvalue weighted by Crippen LogP contribution is 2.35. The van der Waals surface area contributed by atoms with Crippen LogP contribution in [0, 0.1) is 5.41 Å². The molecule has 0 heterocycles. The molecule has 208 valence electrons. The van der Waals surface area contributed by atoms with Crippen molar-refractivity contribution in [3.8, 4) is 0 Å². The molecule has 0 fully saturated rings. The summed E-state index contributed by atoms with van der Waals surface area (Å²) in [6.45, 7) is 3.92. The molecule has 0 aromatic carbocycles. The van der Waals surface area contributed by atoms with Gasteiger partial charge < -0.3 is 20.6 Å². The smallest absolute Gasteiger partial charge is 0.326 e. The molecule has 2 atom stereocenters. The molecule has 0 aliphatic heterocycles. The standard InChI is InChI=1S/C32H45NO5/c1-3-4-5-6-7-8-9-10-11-12-13-14-15-16-17-18-19-20-21-22-30(36)33-27(31(37)38)25-32(2)24-23-28(34)29(35)26-32/h4-5,7-8,10-11,13-14,16-17,19-20,23,26-27,34-35H,3,6,9,12,15,18,21-22,24-25H2,1-2H3,(H,33,36)(H,37,38)/b5-4-,8-7-,11-10-,14-13-,17-16-,20-19-/t27-,32?/m0/s1. The fraction of sp³-hybridized carbons (Fsp3) is 0.438. The van der Waals surface area contributed by atoms with Crippen LogP contribution in [0.1, 0.15) is 78.1 Å². The second-order valence-electron chi connectivity index (χ2n) is 9.59. The average molecular weight is 524 g/mol. The number of aliphatic hydroxyl groups excluding tert-OH is 2. The number of aliphatic carboxylic acids is 1. The molecule has 0 aromatic heterocycles. The molecule has 0 radical (unpaired) electrons. The van der Waals surface area contributed by atoms with Gasteiger partial charge in [0, 0.05) is 6.42 Å². The van der Waals surface area contributed by atoms with Crippen LogP contribution in [0.2, 0.25) is 0 Å². The van der Waals surface area contributed by atoms with Crippen LogP contribution < -0.4 is 5.32 Å². The average Bonchev–Trinajstić information content (AvgIpc) is 2.87. The Morgan fingerprint density at radius 2 is 1.32 bits per heavy atom. The predicted molar refractivity (Wildman–Crippen MR) is 156 cm³/mol.